The molecule has 1 amide bonds. The van der Waals surface area contributed by atoms with Crippen LogP contribution < -0.4 is 5.32 Å². The molecule has 122 valence electrons. The van der Waals surface area contributed by atoms with Crippen molar-refractivity contribution in [1.82, 2.24) is 10.2 Å². The Kier molecular flexibility index (Phi) is 5.59. The number of amides is 1. The molecule has 0 saturated carbocycles. The van der Waals surface area contributed by atoms with Gasteiger partial charge in [-0.1, -0.05) is 37.0 Å². The van der Waals surface area contributed by atoms with Gasteiger partial charge >= 0.3 is 0 Å². The number of halogens is 2. The Morgan fingerprint density at radius 3 is 2.68 bits per heavy atom. The lowest BCUT2D eigenvalue weighted by atomic mass is 9.91. The van der Waals surface area contributed by atoms with Gasteiger partial charge in [-0.25, -0.2) is 0 Å². The summed E-state index contributed by atoms with van der Waals surface area (Å²) in [5, 5.41) is 13.6. The summed E-state index contributed by atoms with van der Waals surface area (Å²) in [6.07, 6.45) is 0. The maximum Gasteiger partial charge on any atom is 0.217 e. The van der Waals surface area contributed by atoms with Crippen LogP contribution in [0.3, 0.4) is 0 Å². The highest BCUT2D eigenvalue weighted by molar-refractivity contribution is 6.36. The lowest BCUT2D eigenvalue weighted by Crippen LogP contribution is -2.40. The van der Waals surface area contributed by atoms with E-state index in [4.69, 9.17) is 23.2 Å². The molecule has 1 aromatic carbocycles. The summed E-state index contributed by atoms with van der Waals surface area (Å²) >= 11 is 12.4. The first kappa shape index (κ1) is 17.4. The van der Waals surface area contributed by atoms with Gasteiger partial charge in [-0.2, -0.15) is 0 Å². The summed E-state index contributed by atoms with van der Waals surface area (Å²) < 4.78 is 0. The zero-order valence-electron chi connectivity index (χ0n) is 13.1. The van der Waals surface area contributed by atoms with Crippen LogP contribution in [0.2, 0.25) is 10.0 Å². The Balaban J connectivity index is 2.15. The molecule has 2 rings (SSSR count). The molecule has 2 atom stereocenters. The zero-order valence-corrected chi connectivity index (χ0v) is 14.6. The molecule has 6 heteroatoms. The summed E-state index contributed by atoms with van der Waals surface area (Å²) in [6.45, 7) is 8.05. The molecule has 0 aromatic heterocycles. The highest BCUT2D eigenvalue weighted by Crippen LogP contribution is 2.35. The van der Waals surface area contributed by atoms with Crippen LogP contribution in [0.1, 0.15) is 26.3 Å². The highest BCUT2D eigenvalue weighted by atomic mass is 35.5. The van der Waals surface area contributed by atoms with Crippen molar-refractivity contribution in [2.24, 2.45) is 11.8 Å². The number of aromatic hydroxyl groups is 1. The van der Waals surface area contributed by atoms with Crippen LogP contribution >= 0.6 is 23.2 Å². The summed E-state index contributed by atoms with van der Waals surface area (Å²) in [5.41, 5.74) is 0.731. The number of benzene rings is 1. The first-order chi connectivity index (χ1) is 10.3. The number of hydrogen-bond donors (Lipinski definition) is 2. The molecule has 1 fully saturated rings. The molecule has 0 bridgehead atoms. The average Bonchev–Trinajstić information content (AvgIpc) is 2.81. The molecule has 2 N–H and O–H groups in total. The smallest absolute Gasteiger partial charge is 0.217 e. The predicted molar refractivity (Wildman–Crippen MR) is 89.3 cm³/mol. The molecule has 1 aliphatic rings. The van der Waals surface area contributed by atoms with Gasteiger partial charge in [0.15, 0.2) is 0 Å². The van der Waals surface area contributed by atoms with Crippen LogP contribution in [0.4, 0.5) is 0 Å². The van der Waals surface area contributed by atoms with E-state index < -0.39 is 0 Å². The number of likely N-dealkylation sites (tertiary alicyclic amines) is 1. The third-order valence-electron chi connectivity index (χ3n) is 4.23. The Morgan fingerprint density at radius 1 is 1.41 bits per heavy atom. The van der Waals surface area contributed by atoms with E-state index in [9.17, 15) is 9.90 Å². The Hall–Kier alpha value is -0.970. The molecular formula is C16H22Cl2N2O2. The monoisotopic (exact) mass is 344 g/mol. The summed E-state index contributed by atoms with van der Waals surface area (Å²) in [5.74, 6) is 0.890. The van der Waals surface area contributed by atoms with Crippen molar-refractivity contribution in [2.75, 3.05) is 13.1 Å². The quantitative estimate of drug-likeness (QED) is 0.881. The van der Waals surface area contributed by atoms with Crippen LogP contribution in [-0.4, -0.2) is 35.0 Å². The van der Waals surface area contributed by atoms with E-state index in [1.54, 1.807) is 13.0 Å². The van der Waals surface area contributed by atoms with Crippen LogP contribution in [0.5, 0.6) is 5.75 Å². The third-order valence-corrected chi connectivity index (χ3v) is 5.01. The van der Waals surface area contributed by atoms with E-state index in [2.05, 4.69) is 24.1 Å². The number of nitrogens with one attached hydrogen (secondary N) is 1. The lowest BCUT2D eigenvalue weighted by Gasteiger charge is -2.22. The van der Waals surface area contributed by atoms with E-state index >= 15 is 0 Å². The number of carbonyl (C=O) groups is 1. The minimum Gasteiger partial charge on any atom is -0.506 e. The van der Waals surface area contributed by atoms with Crippen molar-refractivity contribution in [3.8, 4) is 5.75 Å². The number of phenols is 1. The van der Waals surface area contributed by atoms with Crippen molar-refractivity contribution in [3.63, 3.8) is 0 Å². The Morgan fingerprint density at radius 2 is 2.09 bits per heavy atom. The van der Waals surface area contributed by atoms with Gasteiger partial charge in [0, 0.05) is 43.2 Å². The van der Waals surface area contributed by atoms with Gasteiger partial charge in [-0.15, -0.1) is 0 Å². The second-order valence-corrected chi connectivity index (χ2v) is 7.05. The molecule has 0 unspecified atom stereocenters. The van der Waals surface area contributed by atoms with Crippen LogP contribution in [0.25, 0.3) is 0 Å². The van der Waals surface area contributed by atoms with E-state index in [1.165, 1.54) is 6.07 Å². The van der Waals surface area contributed by atoms with Crippen molar-refractivity contribution in [2.45, 2.75) is 33.4 Å². The molecule has 4 nitrogen and oxygen atoms in total. The maximum absolute atomic E-state index is 11.4. The van der Waals surface area contributed by atoms with E-state index in [1.807, 2.05) is 0 Å². The third kappa shape index (κ3) is 3.86. The maximum atomic E-state index is 11.4. The Labute approximate surface area is 141 Å². The van der Waals surface area contributed by atoms with Crippen molar-refractivity contribution in [3.05, 3.63) is 27.7 Å². The van der Waals surface area contributed by atoms with Gasteiger partial charge in [-0.3, -0.25) is 9.69 Å². The summed E-state index contributed by atoms with van der Waals surface area (Å²) in [7, 11) is 0. The predicted octanol–water partition coefficient (Wildman–Crippen LogP) is 3.29. The van der Waals surface area contributed by atoms with E-state index in [-0.39, 0.29) is 17.7 Å². The van der Waals surface area contributed by atoms with Crippen LogP contribution in [0, 0.1) is 11.8 Å². The molecule has 22 heavy (non-hydrogen) atoms. The van der Waals surface area contributed by atoms with Gasteiger partial charge in [0.25, 0.3) is 0 Å². The minimum atomic E-state index is -0.00841. The Bertz CT molecular complexity index is 563. The standard InChI is InChI=1S/C16H22Cl2N2O2/c1-9(2)11-6-20(8-14(11)19-10(3)21)7-12-13(17)4-5-15(22)16(12)18/h4-5,9,11,14,22H,6-8H2,1-3H3,(H,19,21)/t11-,14+/m0/s1. The van der Waals surface area contributed by atoms with Gasteiger partial charge in [0.2, 0.25) is 5.91 Å². The van der Waals surface area contributed by atoms with Crippen molar-refractivity contribution < 1.29 is 9.90 Å². The van der Waals surface area contributed by atoms with Gasteiger partial charge < -0.3 is 10.4 Å². The van der Waals surface area contributed by atoms with Gasteiger partial charge in [-0.05, 0) is 24.0 Å². The van der Waals surface area contributed by atoms with E-state index in [0.717, 1.165) is 18.7 Å². The second-order valence-electron chi connectivity index (χ2n) is 6.27. The fourth-order valence-corrected chi connectivity index (χ4v) is 3.58. The summed E-state index contributed by atoms with van der Waals surface area (Å²) in [6, 6.07) is 3.28. The highest BCUT2D eigenvalue weighted by Gasteiger charge is 2.35. The largest absolute Gasteiger partial charge is 0.506 e. The molecule has 1 aliphatic heterocycles. The first-order valence-corrected chi connectivity index (χ1v) is 8.20. The molecule has 1 aromatic rings. The molecule has 1 saturated heterocycles. The van der Waals surface area contributed by atoms with Crippen LogP contribution in [0.15, 0.2) is 12.1 Å². The fraction of sp³-hybridized carbons (Fsp3) is 0.562. The topological polar surface area (TPSA) is 52.6 Å². The van der Waals surface area contributed by atoms with Gasteiger partial charge in [0.05, 0.1) is 5.02 Å². The number of nitrogens with zero attached hydrogens (tertiary/aromatic N) is 1. The summed E-state index contributed by atoms with van der Waals surface area (Å²) in [4.78, 5) is 13.6. The SMILES string of the molecule is CC(=O)N[C@@H]1CN(Cc2c(Cl)ccc(O)c2Cl)C[C@H]1C(C)C. The number of hydrogen-bond acceptors (Lipinski definition) is 3. The van der Waals surface area contributed by atoms with Crippen molar-refractivity contribution >= 4 is 29.1 Å². The normalized spacial score (nSPS) is 22.3. The molecule has 0 spiro atoms. The number of phenolic OH excluding ortho intramolecular Hbond substituents is 1. The number of rotatable bonds is 4. The first-order valence-electron chi connectivity index (χ1n) is 7.45. The van der Waals surface area contributed by atoms with E-state index in [0.29, 0.717) is 28.4 Å². The van der Waals surface area contributed by atoms with Crippen molar-refractivity contribution in [1.29, 1.82) is 0 Å². The zero-order chi connectivity index (χ0) is 16.4. The number of carbonyl (C=O) groups excluding carboxylic acids is 1. The second kappa shape index (κ2) is 7.07. The van der Waals surface area contributed by atoms with Gasteiger partial charge in [0.1, 0.15) is 5.75 Å². The molecule has 0 radical (unpaired) electrons. The lowest BCUT2D eigenvalue weighted by molar-refractivity contribution is -0.119. The molecular weight excluding hydrogens is 323 g/mol. The molecule has 1 heterocycles. The molecule has 0 aliphatic carbocycles. The average molecular weight is 345 g/mol. The minimum absolute atomic E-state index is 0.00841. The van der Waals surface area contributed by atoms with Crippen LogP contribution in [-0.2, 0) is 11.3 Å². The fourth-order valence-electron chi connectivity index (χ4n) is 3.09.